The first-order chi connectivity index (χ1) is 14.1. The number of nitrogens with zero attached hydrogens (tertiary/aromatic N) is 1. The number of nitrogens with two attached hydrogens (primary N) is 1. The number of nitrogens with one attached hydrogen (secondary N) is 1. The van der Waals surface area contributed by atoms with Gasteiger partial charge in [-0.3, -0.25) is 9.59 Å². The number of benzene rings is 3. The van der Waals surface area contributed by atoms with Crippen LogP contribution in [0.3, 0.4) is 0 Å². The second-order valence-electron chi connectivity index (χ2n) is 6.73. The zero-order valence-corrected chi connectivity index (χ0v) is 15.8. The van der Waals surface area contributed by atoms with Crippen molar-refractivity contribution in [3.05, 3.63) is 107 Å². The van der Waals surface area contributed by atoms with Gasteiger partial charge in [0.2, 0.25) is 11.8 Å². The highest BCUT2D eigenvalue weighted by Gasteiger charge is 2.27. The molecule has 3 aromatic rings. The quantitative estimate of drug-likeness (QED) is 0.657. The molecule has 0 spiro atoms. The van der Waals surface area contributed by atoms with Crippen molar-refractivity contribution in [3.63, 3.8) is 0 Å². The Balaban J connectivity index is 1.86. The summed E-state index contributed by atoms with van der Waals surface area (Å²) in [4.78, 5) is 25.2. The van der Waals surface area contributed by atoms with Crippen molar-refractivity contribution in [2.24, 2.45) is 5.73 Å². The van der Waals surface area contributed by atoms with Crippen molar-refractivity contribution in [2.75, 3.05) is 0 Å². The number of carbonyl (C=O) groups excluding carboxylic acids is 2. The van der Waals surface area contributed by atoms with Crippen LogP contribution in [0.1, 0.15) is 28.2 Å². The number of primary amides is 1. The van der Waals surface area contributed by atoms with Gasteiger partial charge >= 0.3 is 0 Å². The molecular weight excluding hydrogens is 362 g/mol. The van der Waals surface area contributed by atoms with Crippen molar-refractivity contribution in [3.8, 4) is 6.07 Å². The highest BCUT2D eigenvalue weighted by atomic mass is 16.2. The highest BCUT2D eigenvalue weighted by molar-refractivity contribution is 5.92. The Hall–Kier alpha value is -3.91. The van der Waals surface area contributed by atoms with Gasteiger partial charge in [0.15, 0.2) is 0 Å². The summed E-state index contributed by atoms with van der Waals surface area (Å²) in [5.41, 5.74) is 8.46. The Morgan fingerprint density at radius 2 is 1.48 bits per heavy atom. The summed E-state index contributed by atoms with van der Waals surface area (Å²) in [7, 11) is 0. The molecule has 0 aliphatic heterocycles. The smallest absolute Gasteiger partial charge is 0.240 e. The molecule has 5 heteroatoms. The van der Waals surface area contributed by atoms with Crippen LogP contribution < -0.4 is 11.1 Å². The summed E-state index contributed by atoms with van der Waals surface area (Å²) in [6.07, 6.45) is 0.215. The summed E-state index contributed by atoms with van der Waals surface area (Å²) >= 11 is 0. The number of rotatable bonds is 7. The van der Waals surface area contributed by atoms with Crippen LogP contribution in [-0.2, 0) is 16.0 Å². The topological polar surface area (TPSA) is 96.0 Å². The molecule has 5 nitrogen and oxygen atoms in total. The normalized spacial score (nSPS) is 11.4. The van der Waals surface area contributed by atoms with Gasteiger partial charge in [-0.15, -0.1) is 0 Å². The van der Waals surface area contributed by atoms with Gasteiger partial charge in [-0.1, -0.05) is 72.8 Å². The lowest BCUT2D eigenvalue weighted by atomic mass is 9.90. The lowest BCUT2D eigenvalue weighted by Gasteiger charge is -2.22. The molecule has 2 amide bonds. The predicted molar refractivity (Wildman–Crippen MR) is 111 cm³/mol. The third kappa shape index (κ3) is 5.08. The first-order valence-electron chi connectivity index (χ1n) is 9.27. The Morgan fingerprint density at radius 3 is 2.00 bits per heavy atom. The molecule has 0 radical (unpaired) electrons. The molecule has 0 aromatic heterocycles. The third-order valence-electron chi connectivity index (χ3n) is 4.68. The van der Waals surface area contributed by atoms with Crippen LogP contribution in [0.4, 0.5) is 0 Å². The minimum absolute atomic E-state index is 0.215. The minimum atomic E-state index is -0.883. The predicted octanol–water partition coefficient (Wildman–Crippen LogP) is 2.90. The Bertz CT molecular complexity index is 987. The van der Waals surface area contributed by atoms with E-state index in [1.807, 2.05) is 60.7 Å². The lowest BCUT2D eigenvalue weighted by Crippen LogP contribution is -2.47. The second-order valence-corrected chi connectivity index (χ2v) is 6.73. The molecule has 0 aliphatic carbocycles. The summed E-state index contributed by atoms with van der Waals surface area (Å²) in [6.45, 7) is 0. The maximum Gasteiger partial charge on any atom is 0.240 e. The molecule has 0 fully saturated rings. The first kappa shape index (κ1) is 19.8. The van der Waals surface area contributed by atoms with Gasteiger partial charge in [-0.25, -0.2) is 0 Å². The summed E-state index contributed by atoms with van der Waals surface area (Å²) in [6, 6.07) is 26.9. The van der Waals surface area contributed by atoms with Gasteiger partial charge < -0.3 is 11.1 Å². The fourth-order valence-electron chi connectivity index (χ4n) is 3.27. The molecule has 3 N–H and O–H groups in total. The number of carbonyl (C=O) groups is 2. The number of nitriles is 1. The van der Waals surface area contributed by atoms with E-state index in [1.165, 1.54) is 0 Å². The molecule has 0 saturated carbocycles. The third-order valence-corrected chi connectivity index (χ3v) is 4.68. The van der Waals surface area contributed by atoms with Crippen LogP contribution in [0.25, 0.3) is 0 Å². The van der Waals surface area contributed by atoms with E-state index in [9.17, 15) is 9.59 Å². The average Bonchev–Trinajstić information content (AvgIpc) is 2.75. The van der Waals surface area contributed by atoms with Crippen LogP contribution in [-0.4, -0.2) is 17.9 Å². The zero-order valence-electron chi connectivity index (χ0n) is 15.8. The molecular formula is C24H21N3O2. The van der Waals surface area contributed by atoms with E-state index in [2.05, 4.69) is 11.4 Å². The molecule has 29 heavy (non-hydrogen) atoms. The lowest BCUT2D eigenvalue weighted by molar-refractivity contribution is -0.127. The van der Waals surface area contributed by atoms with Gasteiger partial charge in [0.05, 0.1) is 17.6 Å². The van der Waals surface area contributed by atoms with Crippen molar-refractivity contribution in [2.45, 2.75) is 18.4 Å². The van der Waals surface area contributed by atoms with Crippen LogP contribution in [0.5, 0.6) is 0 Å². The van der Waals surface area contributed by atoms with E-state index in [0.717, 1.165) is 16.7 Å². The first-order valence-corrected chi connectivity index (χ1v) is 9.27. The fourth-order valence-corrected chi connectivity index (χ4v) is 3.27. The van der Waals surface area contributed by atoms with Gasteiger partial charge in [0, 0.05) is 6.42 Å². The van der Waals surface area contributed by atoms with Crippen LogP contribution in [0.15, 0.2) is 84.9 Å². The summed E-state index contributed by atoms with van der Waals surface area (Å²) in [5, 5.41) is 11.9. The van der Waals surface area contributed by atoms with E-state index in [0.29, 0.717) is 5.56 Å². The monoisotopic (exact) mass is 383 g/mol. The van der Waals surface area contributed by atoms with Gasteiger partial charge in [0.25, 0.3) is 0 Å². The molecule has 0 aliphatic rings. The summed E-state index contributed by atoms with van der Waals surface area (Å²) < 4.78 is 0. The van der Waals surface area contributed by atoms with Gasteiger partial charge in [-0.2, -0.15) is 5.26 Å². The van der Waals surface area contributed by atoms with Crippen LogP contribution in [0, 0.1) is 11.3 Å². The maximum atomic E-state index is 13.2. The highest BCUT2D eigenvalue weighted by Crippen LogP contribution is 2.25. The maximum absolute atomic E-state index is 13.2. The zero-order chi connectivity index (χ0) is 20.6. The SMILES string of the molecule is N#Cc1cccc(CC(NC(=O)C(c2ccccc2)c2ccccc2)C(N)=O)c1. The Labute approximate surface area is 169 Å². The Kier molecular flexibility index (Phi) is 6.39. The van der Waals surface area contributed by atoms with Crippen LogP contribution >= 0.6 is 0 Å². The van der Waals surface area contributed by atoms with Crippen molar-refractivity contribution >= 4 is 11.8 Å². The molecule has 0 bridgehead atoms. The van der Waals surface area contributed by atoms with E-state index in [-0.39, 0.29) is 12.3 Å². The minimum Gasteiger partial charge on any atom is -0.368 e. The standard InChI is InChI=1S/C24H21N3O2/c25-16-18-9-7-8-17(14-18)15-21(23(26)28)27-24(29)22(19-10-3-1-4-11-19)20-12-5-2-6-13-20/h1-14,21-22H,15H2,(H2,26,28)(H,27,29). The molecule has 3 aromatic carbocycles. The summed E-state index contributed by atoms with van der Waals surface area (Å²) in [5.74, 6) is -1.49. The van der Waals surface area contributed by atoms with E-state index < -0.39 is 17.9 Å². The second kappa shape index (κ2) is 9.34. The molecule has 3 rings (SSSR count). The molecule has 0 heterocycles. The molecule has 1 atom stereocenters. The molecule has 0 saturated heterocycles. The largest absolute Gasteiger partial charge is 0.368 e. The van der Waals surface area contributed by atoms with E-state index in [1.54, 1.807) is 24.3 Å². The molecule has 144 valence electrons. The van der Waals surface area contributed by atoms with E-state index in [4.69, 9.17) is 11.0 Å². The van der Waals surface area contributed by atoms with Gasteiger partial charge in [-0.05, 0) is 28.8 Å². The molecule has 1 unspecified atom stereocenters. The van der Waals surface area contributed by atoms with Gasteiger partial charge in [0.1, 0.15) is 6.04 Å². The number of hydrogen-bond acceptors (Lipinski definition) is 3. The van der Waals surface area contributed by atoms with Crippen molar-refractivity contribution in [1.82, 2.24) is 5.32 Å². The fraction of sp³-hybridized carbons (Fsp3) is 0.125. The van der Waals surface area contributed by atoms with Crippen molar-refractivity contribution < 1.29 is 9.59 Å². The Morgan fingerprint density at radius 1 is 0.897 bits per heavy atom. The van der Waals surface area contributed by atoms with Crippen LogP contribution in [0.2, 0.25) is 0 Å². The van der Waals surface area contributed by atoms with E-state index >= 15 is 0 Å². The number of amides is 2. The number of hydrogen-bond donors (Lipinski definition) is 2. The van der Waals surface area contributed by atoms with Crippen molar-refractivity contribution in [1.29, 1.82) is 5.26 Å². The average molecular weight is 383 g/mol.